The standard InChI is InChI=1S/C12H14N2OS/c1-8(13)10-7-16-12(14-10)9-5-3-4-6-11(9)15-2/h3-8H,13H2,1-2H3/t8-/m0/s1. The van der Waals surface area contributed by atoms with E-state index >= 15 is 0 Å². The molecule has 1 aromatic heterocycles. The number of para-hydroxylation sites is 1. The van der Waals surface area contributed by atoms with Crippen molar-refractivity contribution in [2.75, 3.05) is 7.11 Å². The van der Waals surface area contributed by atoms with Crippen LogP contribution in [0.15, 0.2) is 29.6 Å². The Balaban J connectivity index is 2.42. The Morgan fingerprint density at radius 1 is 1.38 bits per heavy atom. The third-order valence-corrected chi connectivity index (χ3v) is 3.22. The molecule has 84 valence electrons. The number of hydrogen-bond acceptors (Lipinski definition) is 4. The molecule has 0 aliphatic carbocycles. The smallest absolute Gasteiger partial charge is 0.129 e. The topological polar surface area (TPSA) is 48.1 Å². The Bertz CT molecular complexity index is 479. The number of benzene rings is 1. The number of hydrogen-bond donors (Lipinski definition) is 1. The second-order valence-electron chi connectivity index (χ2n) is 3.57. The van der Waals surface area contributed by atoms with Crippen LogP contribution in [0.25, 0.3) is 10.6 Å². The summed E-state index contributed by atoms with van der Waals surface area (Å²) in [4.78, 5) is 4.50. The minimum Gasteiger partial charge on any atom is -0.496 e. The number of rotatable bonds is 3. The molecule has 0 unspecified atom stereocenters. The molecule has 2 aromatic rings. The van der Waals surface area contributed by atoms with Gasteiger partial charge in [0.05, 0.1) is 18.4 Å². The van der Waals surface area contributed by atoms with Gasteiger partial charge in [-0.3, -0.25) is 0 Å². The van der Waals surface area contributed by atoms with Crippen LogP contribution in [-0.4, -0.2) is 12.1 Å². The van der Waals surface area contributed by atoms with E-state index in [1.54, 1.807) is 18.4 Å². The number of nitrogens with two attached hydrogens (primary N) is 1. The summed E-state index contributed by atoms with van der Waals surface area (Å²) < 4.78 is 5.30. The summed E-state index contributed by atoms with van der Waals surface area (Å²) >= 11 is 1.59. The highest BCUT2D eigenvalue weighted by atomic mass is 32.1. The van der Waals surface area contributed by atoms with Gasteiger partial charge in [-0.2, -0.15) is 0 Å². The zero-order valence-corrected chi connectivity index (χ0v) is 10.1. The third-order valence-electron chi connectivity index (χ3n) is 2.33. The van der Waals surface area contributed by atoms with Gasteiger partial charge in [0.15, 0.2) is 0 Å². The maximum atomic E-state index is 5.79. The fourth-order valence-electron chi connectivity index (χ4n) is 1.44. The minimum absolute atomic E-state index is 0.0280. The SMILES string of the molecule is COc1ccccc1-c1nc([C@H](C)N)cs1. The Kier molecular flexibility index (Phi) is 3.22. The molecule has 0 saturated carbocycles. The van der Waals surface area contributed by atoms with Crippen LogP contribution in [0.4, 0.5) is 0 Å². The van der Waals surface area contributed by atoms with Crippen LogP contribution in [0.5, 0.6) is 5.75 Å². The summed E-state index contributed by atoms with van der Waals surface area (Å²) in [5.74, 6) is 0.841. The van der Waals surface area contributed by atoms with Gasteiger partial charge in [-0.1, -0.05) is 12.1 Å². The molecule has 1 atom stereocenters. The van der Waals surface area contributed by atoms with Gasteiger partial charge in [0.1, 0.15) is 10.8 Å². The van der Waals surface area contributed by atoms with Crippen LogP contribution in [0.2, 0.25) is 0 Å². The zero-order valence-electron chi connectivity index (χ0n) is 9.31. The average Bonchev–Trinajstić information content (AvgIpc) is 2.78. The Labute approximate surface area is 98.9 Å². The monoisotopic (exact) mass is 234 g/mol. The molecule has 0 saturated heterocycles. The Morgan fingerprint density at radius 3 is 2.75 bits per heavy atom. The number of methoxy groups -OCH3 is 1. The fourth-order valence-corrected chi connectivity index (χ4v) is 2.39. The fraction of sp³-hybridized carbons (Fsp3) is 0.250. The summed E-state index contributed by atoms with van der Waals surface area (Å²) in [6, 6.07) is 7.83. The number of thiazole rings is 1. The Hall–Kier alpha value is -1.39. The van der Waals surface area contributed by atoms with Crippen LogP contribution >= 0.6 is 11.3 Å². The van der Waals surface area contributed by atoms with E-state index in [0.717, 1.165) is 22.0 Å². The van der Waals surface area contributed by atoms with E-state index in [4.69, 9.17) is 10.5 Å². The maximum absolute atomic E-state index is 5.79. The summed E-state index contributed by atoms with van der Waals surface area (Å²) in [5, 5.41) is 2.94. The summed E-state index contributed by atoms with van der Waals surface area (Å²) in [5.41, 5.74) is 7.73. The molecule has 1 heterocycles. The van der Waals surface area contributed by atoms with E-state index in [0.29, 0.717) is 0 Å². The maximum Gasteiger partial charge on any atom is 0.129 e. The van der Waals surface area contributed by atoms with Crippen molar-refractivity contribution in [2.24, 2.45) is 5.73 Å². The van der Waals surface area contributed by atoms with Crippen molar-refractivity contribution >= 4 is 11.3 Å². The van der Waals surface area contributed by atoms with Gasteiger partial charge in [-0.05, 0) is 19.1 Å². The first kappa shape index (κ1) is 11.1. The predicted octanol–water partition coefficient (Wildman–Crippen LogP) is 2.84. The van der Waals surface area contributed by atoms with Gasteiger partial charge in [0.25, 0.3) is 0 Å². The molecule has 0 bridgehead atoms. The molecule has 4 heteroatoms. The molecule has 0 aliphatic rings. The second kappa shape index (κ2) is 4.63. The quantitative estimate of drug-likeness (QED) is 0.888. The normalized spacial score (nSPS) is 12.4. The van der Waals surface area contributed by atoms with Crippen LogP contribution in [0.3, 0.4) is 0 Å². The number of nitrogens with zero attached hydrogens (tertiary/aromatic N) is 1. The predicted molar refractivity (Wildman–Crippen MR) is 66.7 cm³/mol. The lowest BCUT2D eigenvalue weighted by atomic mass is 10.2. The lowest BCUT2D eigenvalue weighted by molar-refractivity contribution is 0.416. The molecule has 2 rings (SSSR count). The number of ether oxygens (including phenoxy) is 1. The van der Waals surface area contributed by atoms with Crippen LogP contribution < -0.4 is 10.5 Å². The lowest BCUT2D eigenvalue weighted by Crippen LogP contribution is -2.04. The first-order chi connectivity index (χ1) is 7.72. The molecule has 0 amide bonds. The van der Waals surface area contributed by atoms with Crippen molar-refractivity contribution in [3.8, 4) is 16.3 Å². The highest BCUT2D eigenvalue weighted by Crippen LogP contribution is 2.32. The molecular formula is C12H14N2OS. The van der Waals surface area contributed by atoms with Crippen LogP contribution in [0, 0.1) is 0 Å². The zero-order chi connectivity index (χ0) is 11.5. The molecule has 0 aliphatic heterocycles. The van der Waals surface area contributed by atoms with E-state index in [1.165, 1.54) is 0 Å². The summed E-state index contributed by atoms with van der Waals surface area (Å²) in [6.07, 6.45) is 0. The third kappa shape index (κ3) is 2.08. The van der Waals surface area contributed by atoms with Crippen molar-refractivity contribution < 1.29 is 4.74 Å². The number of aromatic nitrogens is 1. The van der Waals surface area contributed by atoms with Gasteiger partial charge >= 0.3 is 0 Å². The average molecular weight is 234 g/mol. The summed E-state index contributed by atoms with van der Waals surface area (Å²) in [6.45, 7) is 1.93. The van der Waals surface area contributed by atoms with E-state index in [-0.39, 0.29) is 6.04 Å². The van der Waals surface area contributed by atoms with E-state index in [9.17, 15) is 0 Å². The molecule has 1 aromatic carbocycles. The molecule has 0 spiro atoms. The van der Waals surface area contributed by atoms with Crippen molar-refractivity contribution in [2.45, 2.75) is 13.0 Å². The summed E-state index contributed by atoms with van der Waals surface area (Å²) in [7, 11) is 1.67. The van der Waals surface area contributed by atoms with Gasteiger partial charge in [0.2, 0.25) is 0 Å². The molecule has 2 N–H and O–H groups in total. The highest BCUT2D eigenvalue weighted by molar-refractivity contribution is 7.13. The van der Waals surface area contributed by atoms with E-state index < -0.39 is 0 Å². The second-order valence-corrected chi connectivity index (χ2v) is 4.42. The van der Waals surface area contributed by atoms with Crippen molar-refractivity contribution in [1.29, 1.82) is 0 Å². The highest BCUT2D eigenvalue weighted by Gasteiger charge is 2.11. The van der Waals surface area contributed by atoms with Gasteiger partial charge in [0, 0.05) is 11.4 Å². The molecule has 16 heavy (non-hydrogen) atoms. The largest absolute Gasteiger partial charge is 0.496 e. The van der Waals surface area contributed by atoms with E-state index in [2.05, 4.69) is 4.98 Å². The van der Waals surface area contributed by atoms with Gasteiger partial charge in [-0.15, -0.1) is 11.3 Å². The molecule has 3 nitrogen and oxygen atoms in total. The molecule has 0 fully saturated rings. The van der Waals surface area contributed by atoms with Gasteiger partial charge in [-0.25, -0.2) is 4.98 Å². The molecule has 0 radical (unpaired) electrons. The van der Waals surface area contributed by atoms with Crippen LogP contribution in [0.1, 0.15) is 18.7 Å². The van der Waals surface area contributed by atoms with Crippen molar-refractivity contribution in [1.82, 2.24) is 4.98 Å². The van der Waals surface area contributed by atoms with E-state index in [1.807, 2.05) is 36.6 Å². The Morgan fingerprint density at radius 2 is 2.12 bits per heavy atom. The molecular weight excluding hydrogens is 220 g/mol. The minimum atomic E-state index is -0.0280. The first-order valence-corrected chi connectivity index (χ1v) is 5.94. The van der Waals surface area contributed by atoms with Gasteiger partial charge < -0.3 is 10.5 Å². The first-order valence-electron chi connectivity index (χ1n) is 5.06. The van der Waals surface area contributed by atoms with Crippen molar-refractivity contribution in [3.05, 3.63) is 35.3 Å². The van der Waals surface area contributed by atoms with Crippen molar-refractivity contribution in [3.63, 3.8) is 0 Å². The van der Waals surface area contributed by atoms with Crippen LogP contribution in [-0.2, 0) is 0 Å². The lowest BCUT2D eigenvalue weighted by Gasteiger charge is -2.04.